The van der Waals surface area contributed by atoms with Crippen LogP contribution in [0.3, 0.4) is 0 Å². The maximum absolute atomic E-state index is 13.5. The van der Waals surface area contributed by atoms with E-state index < -0.39 is 0 Å². The largest absolute Gasteiger partial charge is 0.207 e. The van der Waals surface area contributed by atoms with Gasteiger partial charge in [-0.1, -0.05) is 52.3 Å². The lowest BCUT2D eigenvalue weighted by Gasteiger charge is -2.12. The fourth-order valence-electron chi connectivity index (χ4n) is 1.70. The van der Waals surface area contributed by atoms with Gasteiger partial charge in [0.1, 0.15) is 5.82 Å². The number of hydrogen-bond acceptors (Lipinski definition) is 0. The minimum atomic E-state index is -0.234. The summed E-state index contributed by atoms with van der Waals surface area (Å²) in [6, 6.07) is 14.5. The summed E-state index contributed by atoms with van der Waals surface area (Å²) in [7, 11) is 0. The molecule has 0 bridgehead atoms. The molecule has 17 heavy (non-hydrogen) atoms. The fraction of sp³-hybridized carbons (Fsp3) is 0.143. The summed E-state index contributed by atoms with van der Waals surface area (Å²) in [6.07, 6.45) is 0.483. The molecule has 0 fully saturated rings. The second-order valence-electron chi connectivity index (χ2n) is 3.78. The Morgan fingerprint density at radius 3 is 2.41 bits per heavy atom. The van der Waals surface area contributed by atoms with Crippen LogP contribution in [0, 0.1) is 5.82 Å². The van der Waals surface area contributed by atoms with Crippen molar-refractivity contribution in [2.75, 3.05) is 0 Å². The number of hydrogen-bond donors (Lipinski definition) is 0. The smallest absolute Gasteiger partial charge is 0.126 e. The first-order valence-corrected chi connectivity index (χ1v) is 6.53. The van der Waals surface area contributed by atoms with Crippen molar-refractivity contribution in [1.29, 1.82) is 0 Å². The molecule has 88 valence electrons. The Balaban J connectivity index is 2.20. The van der Waals surface area contributed by atoms with Gasteiger partial charge in [0.15, 0.2) is 0 Å². The van der Waals surface area contributed by atoms with Gasteiger partial charge in [-0.2, -0.15) is 0 Å². The second kappa shape index (κ2) is 5.65. The lowest BCUT2D eigenvalue weighted by molar-refractivity contribution is 0.607. The Morgan fingerprint density at radius 1 is 1.06 bits per heavy atom. The highest BCUT2D eigenvalue weighted by molar-refractivity contribution is 9.10. The molecule has 0 aliphatic heterocycles. The van der Waals surface area contributed by atoms with Gasteiger partial charge in [0.2, 0.25) is 0 Å². The third-order valence-electron chi connectivity index (χ3n) is 2.60. The highest BCUT2D eigenvalue weighted by Crippen LogP contribution is 2.31. The number of benzene rings is 2. The van der Waals surface area contributed by atoms with Crippen LogP contribution in [0.5, 0.6) is 0 Å². The summed E-state index contributed by atoms with van der Waals surface area (Å²) in [5, 5.41) is -0.234. The molecule has 0 N–H and O–H groups in total. The normalized spacial score (nSPS) is 12.4. The molecule has 0 heterocycles. The van der Waals surface area contributed by atoms with Crippen molar-refractivity contribution in [1.82, 2.24) is 0 Å². The van der Waals surface area contributed by atoms with E-state index >= 15 is 0 Å². The van der Waals surface area contributed by atoms with Gasteiger partial charge in [0, 0.05) is 4.47 Å². The molecule has 2 aromatic rings. The van der Waals surface area contributed by atoms with Gasteiger partial charge in [-0.25, -0.2) is 4.39 Å². The Morgan fingerprint density at radius 2 is 1.71 bits per heavy atom. The van der Waals surface area contributed by atoms with Crippen LogP contribution >= 0.6 is 27.5 Å². The van der Waals surface area contributed by atoms with Crippen LogP contribution in [-0.2, 0) is 6.42 Å². The van der Waals surface area contributed by atoms with Gasteiger partial charge in [0.05, 0.1) is 5.38 Å². The summed E-state index contributed by atoms with van der Waals surface area (Å²) < 4.78 is 14.5. The molecular formula is C14H11BrClF. The van der Waals surface area contributed by atoms with E-state index in [1.54, 1.807) is 12.1 Å². The standard InChI is InChI=1S/C14H11BrClF/c15-12-7-3-2-6-11(12)13(16)9-10-5-1-4-8-14(10)17/h1-8,13H,9H2. The van der Waals surface area contributed by atoms with Crippen LogP contribution in [0.15, 0.2) is 53.0 Å². The van der Waals surface area contributed by atoms with E-state index in [1.807, 2.05) is 30.3 Å². The minimum Gasteiger partial charge on any atom is -0.207 e. The zero-order chi connectivity index (χ0) is 12.3. The van der Waals surface area contributed by atoms with Gasteiger partial charge in [0.25, 0.3) is 0 Å². The van der Waals surface area contributed by atoms with Gasteiger partial charge < -0.3 is 0 Å². The first kappa shape index (κ1) is 12.6. The fourth-order valence-corrected chi connectivity index (χ4v) is 2.75. The monoisotopic (exact) mass is 312 g/mol. The van der Waals surface area contributed by atoms with Gasteiger partial charge >= 0.3 is 0 Å². The molecule has 0 aliphatic carbocycles. The molecule has 2 rings (SSSR count). The molecule has 0 spiro atoms. The Labute approximate surface area is 114 Å². The zero-order valence-electron chi connectivity index (χ0n) is 9.04. The van der Waals surface area contributed by atoms with Crippen LogP contribution in [0.1, 0.15) is 16.5 Å². The molecule has 3 heteroatoms. The molecule has 1 atom stereocenters. The first-order chi connectivity index (χ1) is 8.18. The summed E-state index contributed by atoms with van der Waals surface area (Å²) in [5.41, 5.74) is 1.63. The van der Waals surface area contributed by atoms with Crippen molar-refractivity contribution in [2.24, 2.45) is 0 Å². The lowest BCUT2D eigenvalue weighted by atomic mass is 10.0. The van der Waals surface area contributed by atoms with Crippen molar-refractivity contribution < 1.29 is 4.39 Å². The lowest BCUT2D eigenvalue weighted by Crippen LogP contribution is -1.99. The third kappa shape index (κ3) is 3.08. The Bertz CT molecular complexity index is 513. The van der Waals surface area contributed by atoms with E-state index in [4.69, 9.17) is 11.6 Å². The average Bonchev–Trinajstić information content (AvgIpc) is 2.32. The molecule has 0 aromatic heterocycles. The zero-order valence-corrected chi connectivity index (χ0v) is 11.4. The topological polar surface area (TPSA) is 0 Å². The average molecular weight is 314 g/mol. The van der Waals surface area contributed by atoms with Crippen molar-refractivity contribution in [3.8, 4) is 0 Å². The van der Waals surface area contributed by atoms with Crippen LogP contribution in [0.4, 0.5) is 4.39 Å². The maximum Gasteiger partial charge on any atom is 0.126 e. The highest BCUT2D eigenvalue weighted by atomic mass is 79.9. The van der Waals surface area contributed by atoms with E-state index in [0.29, 0.717) is 12.0 Å². The van der Waals surface area contributed by atoms with Gasteiger partial charge in [-0.3, -0.25) is 0 Å². The van der Waals surface area contributed by atoms with Crippen molar-refractivity contribution in [2.45, 2.75) is 11.8 Å². The Kier molecular flexibility index (Phi) is 4.19. The molecule has 0 amide bonds. The molecule has 0 nitrogen and oxygen atoms in total. The van der Waals surface area contributed by atoms with Crippen LogP contribution < -0.4 is 0 Å². The third-order valence-corrected chi connectivity index (χ3v) is 3.71. The quantitative estimate of drug-likeness (QED) is 0.691. The number of rotatable bonds is 3. The van der Waals surface area contributed by atoms with Gasteiger partial charge in [-0.15, -0.1) is 11.6 Å². The van der Waals surface area contributed by atoms with E-state index in [1.165, 1.54) is 6.07 Å². The van der Waals surface area contributed by atoms with Crippen molar-refractivity contribution in [3.63, 3.8) is 0 Å². The first-order valence-electron chi connectivity index (χ1n) is 5.30. The van der Waals surface area contributed by atoms with Crippen LogP contribution in [-0.4, -0.2) is 0 Å². The van der Waals surface area contributed by atoms with Crippen LogP contribution in [0.2, 0.25) is 0 Å². The van der Waals surface area contributed by atoms with E-state index in [0.717, 1.165) is 10.0 Å². The molecular weight excluding hydrogens is 303 g/mol. The highest BCUT2D eigenvalue weighted by Gasteiger charge is 2.13. The van der Waals surface area contributed by atoms with E-state index in [-0.39, 0.29) is 11.2 Å². The molecule has 0 radical (unpaired) electrons. The molecule has 0 aliphatic rings. The van der Waals surface area contributed by atoms with E-state index in [9.17, 15) is 4.39 Å². The molecule has 1 unspecified atom stereocenters. The van der Waals surface area contributed by atoms with Gasteiger partial charge in [-0.05, 0) is 29.7 Å². The predicted molar refractivity (Wildman–Crippen MR) is 72.8 cm³/mol. The maximum atomic E-state index is 13.5. The molecule has 0 saturated carbocycles. The Hall–Kier alpha value is -0.860. The van der Waals surface area contributed by atoms with Crippen LogP contribution in [0.25, 0.3) is 0 Å². The van der Waals surface area contributed by atoms with E-state index in [2.05, 4.69) is 15.9 Å². The number of halogens is 3. The summed E-state index contributed by atoms with van der Waals surface area (Å²) in [4.78, 5) is 0. The molecule has 2 aromatic carbocycles. The molecule has 0 saturated heterocycles. The summed E-state index contributed by atoms with van der Waals surface area (Å²) in [5.74, 6) is -0.204. The summed E-state index contributed by atoms with van der Waals surface area (Å²) in [6.45, 7) is 0. The summed E-state index contributed by atoms with van der Waals surface area (Å²) >= 11 is 9.77. The minimum absolute atomic E-state index is 0.204. The SMILES string of the molecule is Fc1ccccc1CC(Cl)c1ccccc1Br. The predicted octanol–water partition coefficient (Wildman–Crippen LogP) is 5.11. The number of alkyl halides is 1. The van der Waals surface area contributed by atoms with Crippen molar-refractivity contribution in [3.05, 3.63) is 69.9 Å². The van der Waals surface area contributed by atoms with Crippen molar-refractivity contribution >= 4 is 27.5 Å². The second-order valence-corrected chi connectivity index (χ2v) is 5.17.